The smallest absolute Gasteiger partial charge is 0.254 e. The average Bonchev–Trinajstić information content (AvgIpc) is 3.50. The summed E-state index contributed by atoms with van der Waals surface area (Å²) in [5.74, 6) is -1.10. The highest BCUT2D eigenvalue weighted by Gasteiger charge is 2.38. The molecule has 6 heteroatoms. The first kappa shape index (κ1) is 16.1. The molecule has 1 N–H and O–H groups in total. The SMILES string of the molecule is C[C@H]1C[C@@H]1c1ccc(CN(C(=O)c2cc(F)c(O)c(F)c2)C2CC2)o1. The predicted molar refractivity (Wildman–Crippen MR) is 86.1 cm³/mol. The van der Waals surface area contributed by atoms with Crippen LogP contribution in [0.2, 0.25) is 0 Å². The van der Waals surface area contributed by atoms with Gasteiger partial charge >= 0.3 is 0 Å². The van der Waals surface area contributed by atoms with E-state index < -0.39 is 23.3 Å². The summed E-state index contributed by atoms with van der Waals surface area (Å²) in [4.78, 5) is 14.3. The zero-order valence-corrected chi connectivity index (χ0v) is 13.8. The van der Waals surface area contributed by atoms with Gasteiger partial charge in [-0.25, -0.2) is 8.78 Å². The number of hydrogen-bond donors (Lipinski definition) is 1. The van der Waals surface area contributed by atoms with Crippen LogP contribution in [-0.4, -0.2) is 22.0 Å². The van der Waals surface area contributed by atoms with E-state index in [4.69, 9.17) is 4.42 Å². The zero-order valence-electron chi connectivity index (χ0n) is 13.8. The van der Waals surface area contributed by atoms with Crippen LogP contribution in [0.15, 0.2) is 28.7 Å². The molecule has 1 heterocycles. The van der Waals surface area contributed by atoms with E-state index >= 15 is 0 Å². The first-order valence-corrected chi connectivity index (χ1v) is 8.51. The number of hydrogen-bond acceptors (Lipinski definition) is 3. The van der Waals surface area contributed by atoms with Crippen LogP contribution in [-0.2, 0) is 6.54 Å². The number of benzene rings is 1. The lowest BCUT2D eigenvalue weighted by molar-refractivity contribution is 0.0715. The Morgan fingerprint density at radius 3 is 2.48 bits per heavy atom. The normalized spacial score (nSPS) is 22.0. The number of phenolic OH excluding ortho intramolecular Hbond substituents is 1. The highest BCUT2D eigenvalue weighted by Crippen LogP contribution is 2.47. The second kappa shape index (κ2) is 5.86. The maximum absolute atomic E-state index is 13.6. The van der Waals surface area contributed by atoms with E-state index in [0.29, 0.717) is 17.6 Å². The van der Waals surface area contributed by atoms with Gasteiger partial charge in [0.25, 0.3) is 5.91 Å². The highest BCUT2D eigenvalue weighted by molar-refractivity contribution is 5.94. The van der Waals surface area contributed by atoms with Crippen molar-refractivity contribution >= 4 is 5.91 Å². The maximum atomic E-state index is 13.6. The Balaban J connectivity index is 1.55. The molecule has 132 valence electrons. The zero-order chi connectivity index (χ0) is 17.7. The third-order valence-electron chi connectivity index (χ3n) is 5.00. The topological polar surface area (TPSA) is 53.7 Å². The number of carbonyl (C=O) groups excluding carboxylic acids is 1. The van der Waals surface area contributed by atoms with Gasteiger partial charge in [-0.3, -0.25) is 4.79 Å². The number of aromatic hydroxyl groups is 1. The summed E-state index contributed by atoms with van der Waals surface area (Å²) in [7, 11) is 0. The number of furan rings is 1. The minimum Gasteiger partial charge on any atom is -0.503 e. The summed E-state index contributed by atoms with van der Waals surface area (Å²) >= 11 is 0. The Bertz CT molecular complexity index is 805. The molecule has 0 saturated heterocycles. The molecule has 2 aliphatic rings. The molecule has 2 aliphatic carbocycles. The van der Waals surface area contributed by atoms with Gasteiger partial charge in [0.15, 0.2) is 17.4 Å². The van der Waals surface area contributed by atoms with Crippen LogP contribution in [0.5, 0.6) is 5.75 Å². The lowest BCUT2D eigenvalue weighted by Gasteiger charge is -2.21. The Morgan fingerprint density at radius 2 is 1.92 bits per heavy atom. The van der Waals surface area contributed by atoms with Gasteiger partial charge in [0, 0.05) is 17.5 Å². The van der Waals surface area contributed by atoms with E-state index in [2.05, 4.69) is 6.92 Å². The second-order valence-electron chi connectivity index (χ2n) is 7.08. The van der Waals surface area contributed by atoms with Crippen molar-refractivity contribution in [2.24, 2.45) is 5.92 Å². The summed E-state index contributed by atoms with van der Waals surface area (Å²) in [6, 6.07) is 5.60. The molecule has 1 amide bonds. The fraction of sp³-hybridized carbons (Fsp3) is 0.421. The molecule has 0 unspecified atom stereocenters. The van der Waals surface area contributed by atoms with Crippen molar-refractivity contribution < 1.29 is 23.1 Å². The quantitative estimate of drug-likeness (QED) is 0.882. The number of rotatable bonds is 5. The van der Waals surface area contributed by atoms with Gasteiger partial charge in [-0.05, 0) is 49.4 Å². The summed E-state index contributed by atoms with van der Waals surface area (Å²) < 4.78 is 33.0. The molecule has 2 atom stereocenters. The van der Waals surface area contributed by atoms with Crippen LogP contribution >= 0.6 is 0 Å². The summed E-state index contributed by atoms with van der Waals surface area (Å²) in [6.45, 7) is 2.44. The van der Waals surface area contributed by atoms with Gasteiger partial charge in [0.05, 0.1) is 6.54 Å². The number of phenols is 1. The van der Waals surface area contributed by atoms with Crippen LogP contribution < -0.4 is 0 Å². The van der Waals surface area contributed by atoms with Crippen molar-refractivity contribution in [2.75, 3.05) is 0 Å². The van der Waals surface area contributed by atoms with E-state index in [9.17, 15) is 18.7 Å². The first-order valence-electron chi connectivity index (χ1n) is 8.51. The van der Waals surface area contributed by atoms with E-state index in [1.165, 1.54) is 0 Å². The minimum atomic E-state index is -1.14. The second-order valence-corrected chi connectivity index (χ2v) is 7.08. The fourth-order valence-corrected chi connectivity index (χ4v) is 3.17. The molecule has 2 aromatic rings. The van der Waals surface area contributed by atoms with Crippen molar-refractivity contribution in [3.05, 3.63) is 53.0 Å². The third kappa shape index (κ3) is 3.13. The Hall–Kier alpha value is -2.37. The highest BCUT2D eigenvalue weighted by atomic mass is 19.1. The summed E-state index contributed by atoms with van der Waals surface area (Å²) in [6.07, 6.45) is 2.84. The Morgan fingerprint density at radius 1 is 1.28 bits per heavy atom. The van der Waals surface area contributed by atoms with E-state index in [1.807, 2.05) is 12.1 Å². The number of nitrogens with zero attached hydrogens (tertiary/aromatic N) is 1. The van der Waals surface area contributed by atoms with Crippen LogP contribution in [0.3, 0.4) is 0 Å². The van der Waals surface area contributed by atoms with E-state index in [-0.39, 0.29) is 18.2 Å². The molecule has 0 aliphatic heterocycles. The lowest BCUT2D eigenvalue weighted by atomic mass is 10.1. The van der Waals surface area contributed by atoms with Gasteiger partial charge in [-0.15, -0.1) is 0 Å². The van der Waals surface area contributed by atoms with Crippen molar-refractivity contribution in [3.63, 3.8) is 0 Å². The molecule has 0 radical (unpaired) electrons. The Labute approximate surface area is 144 Å². The minimum absolute atomic E-state index is 0.0563. The van der Waals surface area contributed by atoms with Crippen LogP contribution in [0.1, 0.15) is 54.0 Å². The molecule has 1 aromatic heterocycles. The van der Waals surface area contributed by atoms with Gasteiger partial charge in [-0.1, -0.05) is 6.92 Å². The molecule has 2 fully saturated rings. The number of amides is 1. The number of carbonyl (C=O) groups is 1. The number of halogens is 2. The molecule has 25 heavy (non-hydrogen) atoms. The van der Waals surface area contributed by atoms with E-state index in [0.717, 1.165) is 37.2 Å². The molecule has 4 nitrogen and oxygen atoms in total. The van der Waals surface area contributed by atoms with Gasteiger partial charge in [-0.2, -0.15) is 0 Å². The largest absolute Gasteiger partial charge is 0.503 e. The van der Waals surface area contributed by atoms with Crippen molar-refractivity contribution in [3.8, 4) is 5.75 Å². The molecule has 2 saturated carbocycles. The monoisotopic (exact) mass is 347 g/mol. The summed E-state index contributed by atoms with van der Waals surface area (Å²) in [5.41, 5.74) is -0.109. The average molecular weight is 347 g/mol. The van der Waals surface area contributed by atoms with Crippen LogP contribution in [0, 0.1) is 17.6 Å². The molecule has 0 bridgehead atoms. The maximum Gasteiger partial charge on any atom is 0.254 e. The standard InChI is InChI=1S/C19H19F2NO3/c1-10-6-14(10)17-5-4-13(25-17)9-22(12-2-3-12)19(24)11-7-15(20)18(23)16(21)8-11/h4-5,7-8,10,12,14,23H,2-3,6,9H2,1H3/t10-,14-/m0/s1. The molecular weight excluding hydrogens is 328 g/mol. The predicted octanol–water partition coefficient (Wildman–Crippen LogP) is 4.19. The van der Waals surface area contributed by atoms with Crippen LogP contribution in [0.25, 0.3) is 0 Å². The van der Waals surface area contributed by atoms with Gasteiger partial charge in [0.2, 0.25) is 0 Å². The molecule has 1 aromatic carbocycles. The lowest BCUT2D eigenvalue weighted by Crippen LogP contribution is -2.32. The van der Waals surface area contributed by atoms with Crippen molar-refractivity contribution in [2.45, 2.75) is 44.7 Å². The van der Waals surface area contributed by atoms with E-state index in [1.54, 1.807) is 4.90 Å². The Kier molecular flexibility index (Phi) is 3.78. The van der Waals surface area contributed by atoms with Gasteiger partial charge < -0.3 is 14.4 Å². The van der Waals surface area contributed by atoms with Crippen LogP contribution in [0.4, 0.5) is 8.78 Å². The third-order valence-corrected chi connectivity index (χ3v) is 5.00. The first-order chi connectivity index (χ1) is 11.9. The van der Waals surface area contributed by atoms with Crippen molar-refractivity contribution in [1.82, 2.24) is 4.90 Å². The summed E-state index contributed by atoms with van der Waals surface area (Å²) in [5, 5.41) is 9.20. The fourth-order valence-electron chi connectivity index (χ4n) is 3.17. The molecule has 4 rings (SSSR count). The van der Waals surface area contributed by atoms with Gasteiger partial charge in [0.1, 0.15) is 11.5 Å². The van der Waals surface area contributed by atoms with Crippen molar-refractivity contribution in [1.29, 1.82) is 0 Å². The molecule has 0 spiro atoms. The molecular formula is C19H19F2NO3.